The number of fused-ring (bicyclic) bond motifs is 2. The third-order valence-electron chi connectivity index (χ3n) is 3.58. The van der Waals surface area contributed by atoms with Gasteiger partial charge < -0.3 is 5.11 Å². The molecule has 4 rings (SSSR count). The molecule has 3 nitrogen and oxygen atoms in total. The number of aliphatic hydroxyl groups is 1. The van der Waals surface area contributed by atoms with E-state index >= 15 is 0 Å². The average molecular weight is 292 g/mol. The van der Waals surface area contributed by atoms with Crippen LogP contribution >= 0.6 is 11.3 Å². The van der Waals surface area contributed by atoms with Gasteiger partial charge in [0.25, 0.3) is 0 Å². The van der Waals surface area contributed by atoms with Crippen LogP contribution in [0.4, 0.5) is 0 Å². The molecule has 0 radical (unpaired) electrons. The van der Waals surface area contributed by atoms with E-state index in [1.165, 1.54) is 0 Å². The van der Waals surface area contributed by atoms with Crippen molar-refractivity contribution in [1.29, 1.82) is 0 Å². The Labute approximate surface area is 125 Å². The Hall–Kier alpha value is -2.30. The van der Waals surface area contributed by atoms with Crippen molar-refractivity contribution in [3.05, 3.63) is 71.4 Å². The minimum absolute atomic E-state index is 0.673. The molecule has 1 unspecified atom stereocenters. The first-order valence-corrected chi connectivity index (χ1v) is 7.55. The summed E-state index contributed by atoms with van der Waals surface area (Å²) in [5.74, 6) is 0. The number of benzene rings is 1. The fourth-order valence-corrected chi connectivity index (χ4v) is 3.26. The number of hydrogen-bond donors (Lipinski definition) is 1. The number of thiophene rings is 1. The molecule has 102 valence electrons. The van der Waals surface area contributed by atoms with E-state index in [-0.39, 0.29) is 0 Å². The lowest BCUT2D eigenvalue weighted by Gasteiger charge is -2.12. The molecular weight excluding hydrogens is 280 g/mol. The molecular formula is C17H12N2OS. The number of nitrogens with zero attached hydrogens (tertiary/aromatic N) is 2. The smallest absolute Gasteiger partial charge is 0.106 e. The maximum atomic E-state index is 10.6. The van der Waals surface area contributed by atoms with Gasteiger partial charge in [-0.2, -0.15) is 0 Å². The lowest BCUT2D eigenvalue weighted by Crippen LogP contribution is -2.00. The van der Waals surface area contributed by atoms with E-state index < -0.39 is 6.10 Å². The SMILES string of the molecule is OC(c1ccc2ncccc2c1)c1cnc2ccsc2c1. The van der Waals surface area contributed by atoms with Crippen LogP contribution in [0, 0.1) is 0 Å². The van der Waals surface area contributed by atoms with E-state index in [9.17, 15) is 5.11 Å². The molecule has 1 atom stereocenters. The quantitative estimate of drug-likeness (QED) is 0.609. The van der Waals surface area contributed by atoms with Gasteiger partial charge in [0.1, 0.15) is 6.10 Å². The molecule has 0 spiro atoms. The van der Waals surface area contributed by atoms with Crippen molar-refractivity contribution in [3.63, 3.8) is 0 Å². The van der Waals surface area contributed by atoms with Gasteiger partial charge in [-0.15, -0.1) is 11.3 Å². The number of aromatic nitrogens is 2. The fourth-order valence-electron chi connectivity index (χ4n) is 2.47. The van der Waals surface area contributed by atoms with Crippen LogP contribution in [0.3, 0.4) is 0 Å². The minimum Gasteiger partial charge on any atom is -0.384 e. The molecule has 4 heteroatoms. The molecule has 0 amide bonds. The number of pyridine rings is 2. The van der Waals surface area contributed by atoms with E-state index in [1.54, 1.807) is 23.7 Å². The molecule has 0 aliphatic rings. The number of aliphatic hydroxyl groups excluding tert-OH is 1. The van der Waals surface area contributed by atoms with Gasteiger partial charge in [0.05, 0.1) is 15.7 Å². The minimum atomic E-state index is -0.673. The molecule has 4 aromatic rings. The number of rotatable bonds is 2. The first kappa shape index (κ1) is 12.4. The monoisotopic (exact) mass is 292 g/mol. The molecule has 0 aliphatic heterocycles. The highest BCUT2D eigenvalue weighted by molar-refractivity contribution is 7.17. The largest absolute Gasteiger partial charge is 0.384 e. The summed E-state index contributed by atoms with van der Waals surface area (Å²) in [5.41, 5.74) is 3.57. The molecule has 0 fully saturated rings. The van der Waals surface area contributed by atoms with Gasteiger partial charge in [0.15, 0.2) is 0 Å². The lowest BCUT2D eigenvalue weighted by molar-refractivity contribution is 0.220. The zero-order valence-corrected chi connectivity index (χ0v) is 11.9. The molecule has 0 saturated carbocycles. The van der Waals surface area contributed by atoms with Gasteiger partial charge in [0.2, 0.25) is 0 Å². The summed E-state index contributed by atoms with van der Waals surface area (Å²) in [4.78, 5) is 8.68. The molecule has 0 saturated heterocycles. The first-order valence-electron chi connectivity index (χ1n) is 6.67. The van der Waals surface area contributed by atoms with E-state index in [2.05, 4.69) is 9.97 Å². The highest BCUT2D eigenvalue weighted by Crippen LogP contribution is 2.28. The van der Waals surface area contributed by atoms with Crippen LogP contribution < -0.4 is 0 Å². The molecule has 0 bridgehead atoms. The summed E-state index contributed by atoms with van der Waals surface area (Å²) < 4.78 is 1.09. The zero-order chi connectivity index (χ0) is 14.2. The average Bonchev–Trinajstić information content (AvgIpc) is 3.01. The second-order valence-corrected chi connectivity index (χ2v) is 5.88. The van der Waals surface area contributed by atoms with Gasteiger partial charge in [-0.05, 0) is 41.3 Å². The zero-order valence-electron chi connectivity index (χ0n) is 11.1. The van der Waals surface area contributed by atoms with Crippen LogP contribution in [0.2, 0.25) is 0 Å². The van der Waals surface area contributed by atoms with Crippen molar-refractivity contribution in [2.24, 2.45) is 0 Å². The van der Waals surface area contributed by atoms with Crippen LogP contribution in [0.25, 0.3) is 21.1 Å². The van der Waals surface area contributed by atoms with Crippen LogP contribution in [-0.4, -0.2) is 15.1 Å². The van der Waals surface area contributed by atoms with Crippen molar-refractivity contribution in [2.45, 2.75) is 6.10 Å². The highest BCUT2D eigenvalue weighted by Gasteiger charge is 2.12. The Balaban J connectivity index is 1.79. The molecule has 1 N–H and O–H groups in total. The van der Waals surface area contributed by atoms with Gasteiger partial charge in [-0.1, -0.05) is 12.1 Å². The lowest BCUT2D eigenvalue weighted by atomic mass is 10.0. The summed E-state index contributed by atoms with van der Waals surface area (Å²) in [5, 5.41) is 13.6. The Morgan fingerprint density at radius 2 is 1.90 bits per heavy atom. The van der Waals surface area contributed by atoms with Gasteiger partial charge in [-0.25, -0.2) is 0 Å². The summed E-state index contributed by atoms with van der Waals surface area (Å²) in [6, 6.07) is 13.7. The fraction of sp³-hybridized carbons (Fsp3) is 0.0588. The third kappa shape index (κ3) is 2.18. The summed E-state index contributed by atoms with van der Waals surface area (Å²) in [7, 11) is 0. The van der Waals surface area contributed by atoms with E-state index in [4.69, 9.17) is 0 Å². The topological polar surface area (TPSA) is 46.0 Å². The van der Waals surface area contributed by atoms with Gasteiger partial charge in [0, 0.05) is 23.3 Å². The highest BCUT2D eigenvalue weighted by atomic mass is 32.1. The predicted octanol–water partition coefficient (Wildman–Crippen LogP) is 3.93. The van der Waals surface area contributed by atoms with E-state index in [1.807, 2.05) is 47.8 Å². The summed E-state index contributed by atoms with van der Waals surface area (Å²) in [6.07, 6.45) is 2.84. The molecule has 21 heavy (non-hydrogen) atoms. The Morgan fingerprint density at radius 1 is 0.952 bits per heavy atom. The Morgan fingerprint density at radius 3 is 2.86 bits per heavy atom. The number of hydrogen-bond acceptors (Lipinski definition) is 4. The molecule has 3 heterocycles. The second-order valence-electron chi connectivity index (χ2n) is 4.93. The summed E-state index contributed by atoms with van der Waals surface area (Å²) in [6.45, 7) is 0. The maximum absolute atomic E-state index is 10.6. The normalized spacial score (nSPS) is 12.8. The third-order valence-corrected chi connectivity index (χ3v) is 4.44. The van der Waals surface area contributed by atoms with Crippen LogP contribution in [0.5, 0.6) is 0 Å². The van der Waals surface area contributed by atoms with E-state index in [0.717, 1.165) is 32.2 Å². The molecule has 0 aliphatic carbocycles. The maximum Gasteiger partial charge on any atom is 0.106 e. The van der Waals surface area contributed by atoms with Crippen molar-refractivity contribution in [3.8, 4) is 0 Å². The molecule has 1 aromatic carbocycles. The standard InChI is InChI=1S/C17H12N2OS/c20-17(13-9-16-15(19-10-13)5-7-21-16)12-3-4-14-11(8-12)2-1-6-18-14/h1-10,17,20H. The van der Waals surface area contributed by atoms with Crippen LogP contribution in [0.1, 0.15) is 17.2 Å². The van der Waals surface area contributed by atoms with Gasteiger partial charge in [-0.3, -0.25) is 9.97 Å². The van der Waals surface area contributed by atoms with Crippen molar-refractivity contribution in [2.75, 3.05) is 0 Å². The van der Waals surface area contributed by atoms with Crippen molar-refractivity contribution in [1.82, 2.24) is 9.97 Å². The predicted molar refractivity (Wildman–Crippen MR) is 85.4 cm³/mol. The van der Waals surface area contributed by atoms with E-state index in [0.29, 0.717) is 0 Å². The van der Waals surface area contributed by atoms with Crippen LogP contribution in [0.15, 0.2) is 60.2 Å². The Kier molecular flexibility index (Phi) is 2.91. The summed E-state index contributed by atoms with van der Waals surface area (Å²) >= 11 is 1.63. The van der Waals surface area contributed by atoms with Gasteiger partial charge >= 0.3 is 0 Å². The van der Waals surface area contributed by atoms with Crippen LogP contribution in [-0.2, 0) is 0 Å². The van der Waals surface area contributed by atoms with Crippen molar-refractivity contribution < 1.29 is 5.11 Å². The molecule has 3 aromatic heterocycles. The first-order chi connectivity index (χ1) is 10.3. The van der Waals surface area contributed by atoms with Crippen molar-refractivity contribution >= 4 is 32.5 Å². The second kappa shape index (κ2) is 4.91. The Bertz CT molecular complexity index is 932.